The number of methoxy groups -OCH3 is 2. The molecule has 1 N–H and O–H groups in total. The Bertz CT molecular complexity index is 411. The summed E-state index contributed by atoms with van der Waals surface area (Å²) < 4.78 is 23.5. The number of carbonyl (C=O) groups is 1. The van der Waals surface area contributed by atoms with E-state index in [-0.39, 0.29) is 17.6 Å². The summed E-state index contributed by atoms with van der Waals surface area (Å²) in [6, 6.07) is 0. The van der Waals surface area contributed by atoms with Crippen LogP contribution >= 0.6 is 0 Å². The van der Waals surface area contributed by atoms with Gasteiger partial charge in [-0.2, -0.15) is 0 Å². The third-order valence-corrected chi connectivity index (χ3v) is 2.72. The first kappa shape index (κ1) is 10.7. The molecule has 1 heterocycles. The van der Waals surface area contributed by atoms with Gasteiger partial charge in [-0.1, -0.05) is 0 Å². The number of hydrogen-bond donors (Lipinski definition) is 1. The number of ether oxygens (including phenoxy) is 2. The van der Waals surface area contributed by atoms with E-state index in [1.54, 1.807) is 6.08 Å². The molecule has 2 aliphatic rings. The Balaban J connectivity index is 2.39. The maximum atomic E-state index is 13.5. The van der Waals surface area contributed by atoms with Gasteiger partial charge < -0.3 is 14.8 Å². The largest absolute Gasteiger partial charge is 0.499 e. The van der Waals surface area contributed by atoms with Crippen LogP contribution in [0.2, 0.25) is 0 Å². The molecule has 2 unspecified atom stereocenters. The molecule has 0 spiro atoms. The number of allylic oxidation sites excluding steroid dienone is 2. The van der Waals surface area contributed by atoms with Crippen LogP contribution in [0.5, 0.6) is 0 Å². The van der Waals surface area contributed by atoms with Crippen LogP contribution in [-0.2, 0) is 14.3 Å². The van der Waals surface area contributed by atoms with Gasteiger partial charge in [0.1, 0.15) is 5.76 Å². The van der Waals surface area contributed by atoms with E-state index in [4.69, 9.17) is 9.47 Å². The predicted molar refractivity (Wildman–Crippen MR) is 54.5 cm³/mol. The van der Waals surface area contributed by atoms with Gasteiger partial charge in [-0.05, 0) is 12.2 Å². The van der Waals surface area contributed by atoms with Crippen molar-refractivity contribution in [1.82, 2.24) is 5.32 Å². The highest BCUT2D eigenvalue weighted by Crippen LogP contribution is 2.35. The monoisotopic (exact) mass is 225 g/mol. The van der Waals surface area contributed by atoms with E-state index >= 15 is 0 Å². The molecular formula is C11H12FNO3. The van der Waals surface area contributed by atoms with Crippen molar-refractivity contribution < 1.29 is 18.7 Å². The average Bonchev–Trinajstić information content (AvgIpc) is 2.30. The fourth-order valence-electron chi connectivity index (χ4n) is 1.88. The van der Waals surface area contributed by atoms with Gasteiger partial charge >= 0.3 is 0 Å². The summed E-state index contributed by atoms with van der Waals surface area (Å²) in [4.78, 5) is 11.5. The summed E-state index contributed by atoms with van der Waals surface area (Å²) in [6.45, 7) is 0. The normalized spacial score (nSPS) is 28.2. The van der Waals surface area contributed by atoms with Gasteiger partial charge in [0.25, 0.3) is 0 Å². The molecule has 0 aromatic rings. The number of fused-ring (bicyclic) bond motifs is 1. The molecule has 0 aromatic carbocycles. The molecule has 0 bridgehead atoms. The summed E-state index contributed by atoms with van der Waals surface area (Å²) in [7, 11) is 2.90. The molecule has 5 heteroatoms. The molecule has 0 radical (unpaired) electrons. The van der Waals surface area contributed by atoms with Gasteiger partial charge in [0.2, 0.25) is 5.91 Å². The summed E-state index contributed by atoms with van der Waals surface area (Å²) in [6.07, 6.45) is 4.31. The van der Waals surface area contributed by atoms with Crippen molar-refractivity contribution in [2.24, 2.45) is 11.8 Å². The minimum atomic E-state index is -0.571. The lowest BCUT2D eigenvalue weighted by Crippen LogP contribution is -2.38. The van der Waals surface area contributed by atoms with Crippen LogP contribution in [0.1, 0.15) is 0 Å². The predicted octanol–water partition coefficient (Wildman–Crippen LogP) is 1.23. The van der Waals surface area contributed by atoms with Gasteiger partial charge in [-0.15, -0.1) is 0 Å². The van der Waals surface area contributed by atoms with E-state index < -0.39 is 11.7 Å². The fraction of sp³-hybridized carbons (Fsp3) is 0.364. The van der Waals surface area contributed by atoms with Crippen LogP contribution in [0.3, 0.4) is 0 Å². The highest BCUT2D eigenvalue weighted by Gasteiger charge is 2.36. The highest BCUT2D eigenvalue weighted by molar-refractivity contribution is 5.84. The van der Waals surface area contributed by atoms with E-state index in [1.165, 1.54) is 26.5 Å². The van der Waals surface area contributed by atoms with Gasteiger partial charge in [-0.3, -0.25) is 4.79 Å². The van der Waals surface area contributed by atoms with Crippen LogP contribution in [0.4, 0.5) is 4.39 Å². The number of nitrogens with one attached hydrogen (secondary N) is 1. The zero-order chi connectivity index (χ0) is 11.7. The van der Waals surface area contributed by atoms with Gasteiger partial charge in [0.15, 0.2) is 11.6 Å². The van der Waals surface area contributed by atoms with E-state index in [0.29, 0.717) is 5.76 Å². The van der Waals surface area contributed by atoms with Crippen LogP contribution in [0, 0.1) is 11.8 Å². The summed E-state index contributed by atoms with van der Waals surface area (Å²) >= 11 is 0. The first-order valence-corrected chi connectivity index (χ1v) is 4.85. The topological polar surface area (TPSA) is 47.6 Å². The van der Waals surface area contributed by atoms with Crippen molar-refractivity contribution >= 4 is 5.91 Å². The first-order chi connectivity index (χ1) is 7.67. The quantitative estimate of drug-likeness (QED) is 0.769. The van der Waals surface area contributed by atoms with Crippen LogP contribution in [0.15, 0.2) is 35.7 Å². The zero-order valence-corrected chi connectivity index (χ0v) is 8.99. The maximum absolute atomic E-state index is 13.5. The van der Waals surface area contributed by atoms with Crippen LogP contribution < -0.4 is 5.32 Å². The molecule has 2 rings (SSSR count). The van der Waals surface area contributed by atoms with Crippen molar-refractivity contribution in [2.45, 2.75) is 0 Å². The Morgan fingerprint density at radius 3 is 2.62 bits per heavy atom. The van der Waals surface area contributed by atoms with Crippen molar-refractivity contribution in [2.75, 3.05) is 14.2 Å². The number of amides is 1. The van der Waals surface area contributed by atoms with Gasteiger partial charge in [-0.25, -0.2) is 4.39 Å². The smallest absolute Gasteiger partial charge is 0.232 e. The number of hydrogen-bond acceptors (Lipinski definition) is 3. The molecule has 1 aliphatic carbocycles. The van der Waals surface area contributed by atoms with E-state index in [0.717, 1.165) is 0 Å². The number of rotatable bonds is 2. The summed E-state index contributed by atoms with van der Waals surface area (Å²) in [5.41, 5.74) is 0. The SMILES string of the molecule is COC1=CC2C(OC)=CNC(=O)C2C=C1F. The minimum Gasteiger partial charge on any atom is -0.499 e. The number of halogens is 1. The third kappa shape index (κ3) is 1.58. The molecule has 16 heavy (non-hydrogen) atoms. The molecule has 4 nitrogen and oxygen atoms in total. The van der Waals surface area contributed by atoms with Crippen molar-refractivity contribution in [1.29, 1.82) is 0 Å². The Labute approximate surface area is 92.4 Å². The lowest BCUT2D eigenvalue weighted by Gasteiger charge is -2.29. The third-order valence-electron chi connectivity index (χ3n) is 2.72. The molecule has 1 aliphatic heterocycles. The molecule has 0 fully saturated rings. The molecule has 0 saturated carbocycles. The van der Waals surface area contributed by atoms with E-state index in [9.17, 15) is 9.18 Å². The standard InChI is InChI=1S/C11H12FNO3/c1-15-9-4-6-7(3-8(9)12)11(14)13-5-10(6)16-2/h3-7H,1-2H3,(H,13,14). The fourth-order valence-corrected chi connectivity index (χ4v) is 1.88. The second kappa shape index (κ2) is 4.00. The average molecular weight is 225 g/mol. The Kier molecular flexibility index (Phi) is 2.68. The van der Waals surface area contributed by atoms with Crippen molar-refractivity contribution in [3.8, 4) is 0 Å². The maximum Gasteiger partial charge on any atom is 0.232 e. The van der Waals surface area contributed by atoms with Gasteiger partial charge in [0, 0.05) is 6.20 Å². The molecule has 0 saturated heterocycles. The molecular weight excluding hydrogens is 213 g/mol. The van der Waals surface area contributed by atoms with Crippen molar-refractivity contribution in [3.63, 3.8) is 0 Å². The lowest BCUT2D eigenvalue weighted by molar-refractivity contribution is -0.124. The Morgan fingerprint density at radius 2 is 2.00 bits per heavy atom. The zero-order valence-electron chi connectivity index (χ0n) is 8.99. The lowest BCUT2D eigenvalue weighted by atomic mass is 9.83. The Hall–Kier alpha value is -1.78. The van der Waals surface area contributed by atoms with E-state index in [2.05, 4.69) is 5.32 Å². The highest BCUT2D eigenvalue weighted by atomic mass is 19.1. The van der Waals surface area contributed by atoms with Crippen LogP contribution in [0.25, 0.3) is 0 Å². The molecule has 2 atom stereocenters. The number of carbonyl (C=O) groups excluding carboxylic acids is 1. The second-order valence-electron chi connectivity index (χ2n) is 3.56. The van der Waals surface area contributed by atoms with Gasteiger partial charge in [0.05, 0.1) is 26.1 Å². The molecule has 1 amide bonds. The summed E-state index contributed by atoms with van der Waals surface area (Å²) in [5, 5.41) is 2.53. The van der Waals surface area contributed by atoms with Crippen molar-refractivity contribution in [3.05, 3.63) is 35.7 Å². The molecule has 0 aromatic heterocycles. The second-order valence-corrected chi connectivity index (χ2v) is 3.56. The summed E-state index contributed by atoms with van der Waals surface area (Å²) in [5.74, 6) is -0.905. The minimum absolute atomic E-state index is 0.138. The van der Waals surface area contributed by atoms with Crippen LogP contribution in [-0.4, -0.2) is 20.1 Å². The first-order valence-electron chi connectivity index (χ1n) is 4.85. The Morgan fingerprint density at radius 1 is 1.25 bits per heavy atom. The van der Waals surface area contributed by atoms with E-state index in [1.807, 2.05) is 0 Å². The molecule has 86 valence electrons.